The van der Waals surface area contributed by atoms with Crippen LogP contribution in [-0.4, -0.2) is 14.5 Å². The van der Waals surface area contributed by atoms with E-state index in [4.69, 9.17) is 12.2 Å². The lowest BCUT2D eigenvalue weighted by Gasteiger charge is -2.08. The van der Waals surface area contributed by atoms with Crippen LogP contribution >= 0.6 is 12.2 Å². The van der Waals surface area contributed by atoms with Crippen LogP contribution in [0.1, 0.15) is 11.3 Å². The van der Waals surface area contributed by atoms with Crippen molar-refractivity contribution in [2.45, 2.75) is 13.5 Å². The molecule has 0 spiro atoms. The monoisotopic (exact) mass is 281 g/mol. The lowest BCUT2D eigenvalue weighted by atomic mass is 10.1. The minimum atomic E-state index is 0.722. The van der Waals surface area contributed by atoms with Crippen molar-refractivity contribution in [3.8, 4) is 11.3 Å². The lowest BCUT2D eigenvalue weighted by molar-refractivity contribution is 0.786. The summed E-state index contributed by atoms with van der Waals surface area (Å²) in [4.78, 5) is 7.46. The number of H-pyrrole nitrogens is 1. The van der Waals surface area contributed by atoms with E-state index in [-0.39, 0.29) is 0 Å². The highest BCUT2D eigenvalue weighted by Crippen LogP contribution is 2.20. The van der Waals surface area contributed by atoms with E-state index in [1.807, 2.05) is 43.6 Å². The predicted octanol–water partition coefficient (Wildman–Crippen LogP) is 3.96. The van der Waals surface area contributed by atoms with Crippen molar-refractivity contribution in [2.24, 2.45) is 0 Å². The van der Waals surface area contributed by atoms with E-state index < -0.39 is 0 Å². The van der Waals surface area contributed by atoms with Crippen LogP contribution in [0.5, 0.6) is 0 Å². The molecule has 100 valence electrons. The van der Waals surface area contributed by atoms with Crippen molar-refractivity contribution in [1.29, 1.82) is 0 Å². The van der Waals surface area contributed by atoms with Gasteiger partial charge in [-0.1, -0.05) is 36.4 Å². The summed E-state index contributed by atoms with van der Waals surface area (Å²) in [6.45, 7) is 2.71. The lowest BCUT2D eigenvalue weighted by Crippen LogP contribution is -2.02. The molecule has 3 aromatic rings. The number of hydrogen-bond acceptors (Lipinski definition) is 2. The van der Waals surface area contributed by atoms with Gasteiger partial charge in [-0.05, 0) is 36.3 Å². The summed E-state index contributed by atoms with van der Waals surface area (Å²) in [6, 6.07) is 14.4. The van der Waals surface area contributed by atoms with Crippen LogP contribution in [0.2, 0.25) is 0 Å². The zero-order valence-electron chi connectivity index (χ0n) is 11.2. The number of nitrogens with zero attached hydrogens (tertiary/aromatic N) is 2. The van der Waals surface area contributed by atoms with Crippen LogP contribution in [0.4, 0.5) is 0 Å². The molecular weight excluding hydrogens is 266 g/mol. The van der Waals surface area contributed by atoms with Gasteiger partial charge < -0.3 is 9.55 Å². The van der Waals surface area contributed by atoms with Gasteiger partial charge in [-0.25, -0.2) is 0 Å². The third-order valence-electron chi connectivity index (χ3n) is 3.25. The zero-order valence-corrected chi connectivity index (χ0v) is 12.0. The summed E-state index contributed by atoms with van der Waals surface area (Å²) in [6.07, 6.45) is 3.86. The highest BCUT2D eigenvalue weighted by molar-refractivity contribution is 7.71. The van der Waals surface area contributed by atoms with Crippen molar-refractivity contribution in [1.82, 2.24) is 14.5 Å². The van der Waals surface area contributed by atoms with Gasteiger partial charge in [0.25, 0.3) is 0 Å². The van der Waals surface area contributed by atoms with Crippen LogP contribution < -0.4 is 0 Å². The second-order valence-corrected chi connectivity index (χ2v) is 5.13. The van der Waals surface area contributed by atoms with Gasteiger partial charge in [0.15, 0.2) is 4.77 Å². The van der Waals surface area contributed by atoms with E-state index in [1.54, 1.807) is 0 Å². The molecule has 0 fully saturated rings. The highest BCUT2D eigenvalue weighted by atomic mass is 32.1. The van der Waals surface area contributed by atoms with Gasteiger partial charge >= 0.3 is 0 Å². The first kappa shape index (κ1) is 12.8. The molecule has 20 heavy (non-hydrogen) atoms. The molecule has 0 unspecified atom stereocenters. The van der Waals surface area contributed by atoms with Crippen molar-refractivity contribution in [3.05, 3.63) is 70.9 Å². The predicted molar refractivity (Wildman–Crippen MR) is 83.1 cm³/mol. The minimum absolute atomic E-state index is 0.722. The smallest absolute Gasteiger partial charge is 0.177 e. The van der Waals surface area contributed by atoms with Crippen LogP contribution in [0.3, 0.4) is 0 Å². The second-order valence-electron chi connectivity index (χ2n) is 4.74. The molecule has 0 aliphatic carbocycles. The van der Waals surface area contributed by atoms with Gasteiger partial charge in [-0.3, -0.25) is 4.98 Å². The van der Waals surface area contributed by atoms with Crippen LogP contribution in [-0.2, 0) is 6.54 Å². The molecule has 0 saturated carbocycles. The standard InChI is InChI=1S/C16H15N3S/c1-12-7-8-13(9-17-12)11-19-15(10-18-16(19)20)14-5-3-2-4-6-14/h2-10H,11H2,1H3,(H,18,20). The van der Waals surface area contributed by atoms with Gasteiger partial charge in [0.1, 0.15) is 0 Å². The van der Waals surface area contributed by atoms with E-state index in [1.165, 1.54) is 0 Å². The van der Waals surface area contributed by atoms with E-state index in [0.717, 1.165) is 33.8 Å². The molecule has 4 heteroatoms. The van der Waals surface area contributed by atoms with Gasteiger partial charge in [0, 0.05) is 18.1 Å². The number of nitrogens with one attached hydrogen (secondary N) is 1. The summed E-state index contributed by atoms with van der Waals surface area (Å²) < 4.78 is 2.82. The molecule has 3 nitrogen and oxygen atoms in total. The summed E-state index contributed by atoms with van der Waals surface area (Å²) in [5.74, 6) is 0. The molecular formula is C16H15N3S. The Bertz CT molecular complexity index is 754. The minimum Gasteiger partial charge on any atom is -0.337 e. The molecule has 0 radical (unpaired) electrons. The largest absolute Gasteiger partial charge is 0.337 e. The Morgan fingerprint density at radius 3 is 2.65 bits per heavy atom. The van der Waals surface area contributed by atoms with Crippen molar-refractivity contribution >= 4 is 12.2 Å². The quantitative estimate of drug-likeness (QED) is 0.737. The van der Waals surface area contributed by atoms with E-state index in [2.05, 4.69) is 32.7 Å². The van der Waals surface area contributed by atoms with Crippen LogP contribution in [0.15, 0.2) is 54.9 Å². The number of pyridine rings is 1. The van der Waals surface area contributed by atoms with Crippen LogP contribution in [0.25, 0.3) is 11.3 Å². The molecule has 0 aliphatic heterocycles. The SMILES string of the molecule is Cc1ccc(Cn2c(-c3ccccc3)c[nH]c2=S)cn1. The Morgan fingerprint density at radius 2 is 1.95 bits per heavy atom. The topological polar surface area (TPSA) is 33.6 Å². The number of imidazole rings is 1. The average Bonchev–Trinajstić information content (AvgIpc) is 2.84. The summed E-state index contributed by atoms with van der Waals surface area (Å²) in [5.41, 5.74) is 4.41. The molecule has 2 aromatic heterocycles. The Morgan fingerprint density at radius 1 is 1.15 bits per heavy atom. The third kappa shape index (κ3) is 2.56. The summed E-state index contributed by atoms with van der Waals surface area (Å²) >= 11 is 5.38. The molecule has 3 rings (SSSR count). The average molecular weight is 281 g/mol. The number of aromatic nitrogens is 3. The normalized spacial score (nSPS) is 10.7. The Balaban J connectivity index is 2.00. The fourth-order valence-electron chi connectivity index (χ4n) is 2.17. The maximum atomic E-state index is 5.38. The molecule has 0 atom stereocenters. The third-order valence-corrected chi connectivity index (χ3v) is 3.59. The number of hydrogen-bond donors (Lipinski definition) is 1. The molecule has 0 bridgehead atoms. The van der Waals surface area contributed by atoms with E-state index in [0.29, 0.717) is 0 Å². The number of rotatable bonds is 3. The molecule has 0 aliphatic rings. The van der Waals surface area contributed by atoms with Crippen molar-refractivity contribution in [2.75, 3.05) is 0 Å². The van der Waals surface area contributed by atoms with Gasteiger partial charge in [-0.2, -0.15) is 0 Å². The van der Waals surface area contributed by atoms with Gasteiger partial charge in [-0.15, -0.1) is 0 Å². The number of aromatic amines is 1. The Hall–Kier alpha value is -2.20. The fourth-order valence-corrected chi connectivity index (χ4v) is 2.40. The first-order valence-corrected chi connectivity index (χ1v) is 6.90. The maximum Gasteiger partial charge on any atom is 0.177 e. The maximum absolute atomic E-state index is 5.38. The van der Waals surface area contributed by atoms with Crippen LogP contribution in [0, 0.1) is 11.7 Å². The van der Waals surface area contributed by atoms with Gasteiger partial charge in [0.2, 0.25) is 0 Å². The first-order chi connectivity index (χ1) is 9.74. The molecule has 1 aromatic carbocycles. The Labute approximate surface area is 122 Å². The fraction of sp³-hybridized carbons (Fsp3) is 0.125. The first-order valence-electron chi connectivity index (χ1n) is 6.49. The molecule has 1 N–H and O–H groups in total. The van der Waals surface area contributed by atoms with E-state index in [9.17, 15) is 0 Å². The highest BCUT2D eigenvalue weighted by Gasteiger charge is 2.07. The molecule has 2 heterocycles. The Kier molecular flexibility index (Phi) is 3.48. The van der Waals surface area contributed by atoms with Crippen molar-refractivity contribution in [3.63, 3.8) is 0 Å². The summed E-state index contributed by atoms with van der Waals surface area (Å²) in [5, 5.41) is 0. The summed E-state index contributed by atoms with van der Waals surface area (Å²) in [7, 11) is 0. The van der Waals surface area contributed by atoms with Gasteiger partial charge in [0.05, 0.1) is 12.2 Å². The molecule has 0 amide bonds. The number of aryl methyl sites for hydroxylation is 1. The second kappa shape index (κ2) is 5.43. The molecule has 0 saturated heterocycles. The van der Waals surface area contributed by atoms with Crippen molar-refractivity contribution < 1.29 is 0 Å². The zero-order chi connectivity index (χ0) is 13.9. The van der Waals surface area contributed by atoms with E-state index >= 15 is 0 Å². The number of benzene rings is 1.